The molecular weight excluding hydrogens is 456 g/mol. The number of aryl methyl sites for hydroxylation is 1. The van der Waals surface area contributed by atoms with Crippen molar-refractivity contribution in [3.05, 3.63) is 92.3 Å². The van der Waals surface area contributed by atoms with E-state index in [1.54, 1.807) is 43.3 Å². The van der Waals surface area contributed by atoms with Crippen molar-refractivity contribution in [2.45, 2.75) is 6.92 Å². The fraction of sp³-hybridized carbons (Fsp3) is 0.0833. The summed E-state index contributed by atoms with van der Waals surface area (Å²) in [6.45, 7) is 1.26. The lowest BCUT2D eigenvalue weighted by molar-refractivity contribution is -0.118. The summed E-state index contributed by atoms with van der Waals surface area (Å²) in [6, 6.07) is 15.5. The van der Waals surface area contributed by atoms with Crippen LogP contribution in [0.2, 0.25) is 10.0 Å². The normalized spacial score (nSPS) is 10.9. The standard InChI is InChI=1S/C24H16Cl2FNO4/c1-13-10-20-16(11-17(13)26)22(30)24(23(32-20)14-6-8-15(25)9-7-14)31-12-21(29)28-19-5-3-2-4-18(19)27/h2-11H,12H2,1H3,(H,28,29). The monoisotopic (exact) mass is 471 g/mol. The summed E-state index contributed by atoms with van der Waals surface area (Å²) in [6.07, 6.45) is 0. The van der Waals surface area contributed by atoms with Gasteiger partial charge in [-0.05, 0) is 61.0 Å². The Morgan fingerprint density at radius 1 is 1.09 bits per heavy atom. The van der Waals surface area contributed by atoms with Crippen LogP contribution in [0.3, 0.4) is 0 Å². The second-order valence-electron chi connectivity index (χ2n) is 7.01. The van der Waals surface area contributed by atoms with E-state index in [0.717, 1.165) is 5.56 Å². The number of hydrogen-bond donors (Lipinski definition) is 1. The quantitative estimate of drug-likeness (QED) is 0.374. The summed E-state index contributed by atoms with van der Waals surface area (Å²) in [5.41, 5.74) is 1.11. The van der Waals surface area contributed by atoms with Crippen molar-refractivity contribution in [1.29, 1.82) is 0 Å². The van der Waals surface area contributed by atoms with Gasteiger partial charge in [0.15, 0.2) is 12.4 Å². The molecule has 0 fully saturated rings. The highest BCUT2D eigenvalue weighted by atomic mass is 35.5. The first kappa shape index (κ1) is 21.9. The molecule has 4 rings (SSSR count). The number of ether oxygens (including phenoxy) is 1. The number of amides is 1. The molecule has 0 unspecified atom stereocenters. The Bertz CT molecular complexity index is 1380. The average Bonchev–Trinajstić information content (AvgIpc) is 2.77. The van der Waals surface area contributed by atoms with Gasteiger partial charge >= 0.3 is 0 Å². The molecule has 0 aliphatic rings. The maximum Gasteiger partial charge on any atom is 0.262 e. The summed E-state index contributed by atoms with van der Waals surface area (Å²) in [5.74, 6) is -1.25. The highest BCUT2D eigenvalue weighted by molar-refractivity contribution is 6.32. The molecule has 1 N–H and O–H groups in total. The summed E-state index contributed by atoms with van der Waals surface area (Å²) < 4.78 is 25.4. The SMILES string of the molecule is Cc1cc2oc(-c3ccc(Cl)cc3)c(OCC(=O)Nc3ccccc3F)c(=O)c2cc1Cl. The van der Waals surface area contributed by atoms with Gasteiger partial charge in [0.05, 0.1) is 11.1 Å². The predicted molar refractivity (Wildman–Crippen MR) is 123 cm³/mol. The van der Waals surface area contributed by atoms with Crippen LogP contribution >= 0.6 is 23.2 Å². The van der Waals surface area contributed by atoms with Crippen LogP contribution < -0.4 is 15.5 Å². The number of anilines is 1. The zero-order valence-electron chi connectivity index (χ0n) is 16.7. The van der Waals surface area contributed by atoms with Crippen molar-refractivity contribution in [3.63, 3.8) is 0 Å². The van der Waals surface area contributed by atoms with E-state index in [4.69, 9.17) is 32.4 Å². The van der Waals surface area contributed by atoms with Crippen LogP contribution in [0.15, 0.2) is 69.9 Å². The lowest BCUT2D eigenvalue weighted by Gasteiger charge is -2.13. The van der Waals surface area contributed by atoms with Crippen molar-refractivity contribution in [3.8, 4) is 17.1 Å². The van der Waals surface area contributed by atoms with E-state index in [2.05, 4.69) is 5.32 Å². The Hall–Kier alpha value is -3.35. The first-order chi connectivity index (χ1) is 15.3. The molecule has 0 spiro atoms. The third kappa shape index (κ3) is 4.47. The molecular formula is C24H16Cl2FNO4. The highest BCUT2D eigenvalue weighted by Crippen LogP contribution is 2.33. The number of rotatable bonds is 5. The van der Waals surface area contributed by atoms with E-state index in [-0.39, 0.29) is 22.6 Å². The lowest BCUT2D eigenvalue weighted by atomic mass is 10.1. The molecule has 0 radical (unpaired) electrons. The third-order valence-electron chi connectivity index (χ3n) is 4.73. The first-order valence-electron chi connectivity index (χ1n) is 9.53. The van der Waals surface area contributed by atoms with Gasteiger partial charge in [-0.3, -0.25) is 9.59 Å². The Morgan fingerprint density at radius 2 is 1.81 bits per heavy atom. The number of nitrogens with one attached hydrogen (secondary N) is 1. The highest BCUT2D eigenvalue weighted by Gasteiger charge is 2.20. The molecule has 0 saturated heterocycles. The van der Waals surface area contributed by atoms with Gasteiger partial charge in [0.1, 0.15) is 11.4 Å². The second-order valence-corrected chi connectivity index (χ2v) is 7.85. The van der Waals surface area contributed by atoms with Gasteiger partial charge in [-0.2, -0.15) is 0 Å². The van der Waals surface area contributed by atoms with Gasteiger partial charge in [-0.1, -0.05) is 35.3 Å². The number of halogens is 3. The molecule has 0 aliphatic heterocycles. The molecule has 32 heavy (non-hydrogen) atoms. The molecule has 0 aliphatic carbocycles. The van der Waals surface area contributed by atoms with Crippen LogP contribution in [0.4, 0.5) is 10.1 Å². The molecule has 8 heteroatoms. The van der Waals surface area contributed by atoms with Crippen LogP contribution in [0.5, 0.6) is 5.75 Å². The average molecular weight is 472 g/mol. The maximum absolute atomic E-state index is 13.8. The Labute approximate surface area is 192 Å². The minimum atomic E-state index is -0.640. The molecule has 4 aromatic rings. The fourth-order valence-corrected chi connectivity index (χ4v) is 3.40. The van der Waals surface area contributed by atoms with E-state index in [1.165, 1.54) is 24.3 Å². The van der Waals surface area contributed by atoms with Crippen molar-refractivity contribution >= 4 is 45.8 Å². The van der Waals surface area contributed by atoms with E-state index in [1.807, 2.05) is 0 Å². The van der Waals surface area contributed by atoms with Gasteiger partial charge in [0.2, 0.25) is 11.2 Å². The fourth-order valence-electron chi connectivity index (χ4n) is 3.11. The molecule has 1 amide bonds. The number of para-hydroxylation sites is 1. The molecule has 5 nitrogen and oxygen atoms in total. The Morgan fingerprint density at radius 3 is 2.53 bits per heavy atom. The van der Waals surface area contributed by atoms with Gasteiger partial charge in [0.25, 0.3) is 5.91 Å². The lowest BCUT2D eigenvalue weighted by Crippen LogP contribution is -2.23. The molecule has 1 heterocycles. The zero-order valence-corrected chi connectivity index (χ0v) is 18.3. The second kappa shape index (κ2) is 9.02. The Kier molecular flexibility index (Phi) is 6.17. The molecule has 3 aromatic carbocycles. The number of hydrogen-bond acceptors (Lipinski definition) is 4. The van der Waals surface area contributed by atoms with Crippen LogP contribution in [-0.2, 0) is 4.79 Å². The minimum Gasteiger partial charge on any atom is -0.476 e. The van der Waals surface area contributed by atoms with Crippen LogP contribution in [0, 0.1) is 12.7 Å². The van der Waals surface area contributed by atoms with E-state index in [9.17, 15) is 14.0 Å². The summed E-state index contributed by atoms with van der Waals surface area (Å²) in [7, 11) is 0. The molecule has 0 atom stereocenters. The van der Waals surface area contributed by atoms with Crippen molar-refractivity contribution in [1.82, 2.24) is 0 Å². The number of carbonyl (C=O) groups is 1. The van der Waals surface area contributed by atoms with Gasteiger partial charge in [0, 0.05) is 15.6 Å². The largest absolute Gasteiger partial charge is 0.476 e. The number of carbonyl (C=O) groups excluding carboxylic acids is 1. The molecule has 0 bridgehead atoms. The number of benzene rings is 3. The molecule has 162 valence electrons. The van der Waals surface area contributed by atoms with Crippen LogP contribution in [-0.4, -0.2) is 12.5 Å². The van der Waals surface area contributed by atoms with E-state index >= 15 is 0 Å². The summed E-state index contributed by atoms with van der Waals surface area (Å²) in [4.78, 5) is 25.5. The minimum absolute atomic E-state index is 0.00632. The van der Waals surface area contributed by atoms with Gasteiger partial charge in [-0.25, -0.2) is 4.39 Å². The van der Waals surface area contributed by atoms with E-state index in [0.29, 0.717) is 21.2 Å². The van der Waals surface area contributed by atoms with Crippen molar-refractivity contribution in [2.75, 3.05) is 11.9 Å². The zero-order chi connectivity index (χ0) is 22.8. The third-order valence-corrected chi connectivity index (χ3v) is 5.39. The summed E-state index contributed by atoms with van der Waals surface area (Å²) in [5, 5.41) is 3.52. The summed E-state index contributed by atoms with van der Waals surface area (Å²) >= 11 is 12.2. The maximum atomic E-state index is 13.8. The van der Waals surface area contributed by atoms with Crippen LogP contribution in [0.1, 0.15) is 5.56 Å². The van der Waals surface area contributed by atoms with Crippen molar-refractivity contribution in [2.24, 2.45) is 0 Å². The predicted octanol–water partition coefficient (Wildman–Crippen LogP) is 6.23. The number of fused-ring (bicyclic) bond motifs is 1. The molecule has 0 saturated carbocycles. The van der Waals surface area contributed by atoms with E-state index < -0.39 is 23.8 Å². The molecule has 1 aromatic heterocycles. The first-order valence-corrected chi connectivity index (χ1v) is 10.3. The van der Waals surface area contributed by atoms with Crippen molar-refractivity contribution < 1.29 is 18.3 Å². The Balaban J connectivity index is 1.73. The topological polar surface area (TPSA) is 68.5 Å². The smallest absolute Gasteiger partial charge is 0.262 e. The van der Waals surface area contributed by atoms with Crippen LogP contribution in [0.25, 0.3) is 22.3 Å². The van der Waals surface area contributed by atoms with Gasteiger partial charge in [-0.15, -0.1) is 0 Å². The van der Waals surface area contributed by atoms with Gasteiger partial charge < -0.3 is 14.5 Å².